The fraction of sp³-hybridized carbons (Fsp3) is 0.733. The SMILES string of the molecule is CNc1nc(C(=O)NC2CCN(C3CCOCC3)CC2)cs1. The van der Waals surface area contributed by atoms with E-state index in [1.807, 2.05) is 7.05 Å². The average molecular weight is 324 g/mol. The zero-order valence-electron chi connectivity index (χ0n) is 13.0. The Balaban J connectivity index is 1.46. The molecular formula is C15H24N4O2S. The molecule has 2 N–H and O–H groups in total. The lowest BCUT2D eigenvalue weighted by Gasteiger charge is -2.39. The number of aromatic nitrogens is 1. The standard InChI is InChI=1S/C15H24N4O2S/c1-16-15-18-13(10-22-15)14(20)17-11-2-6-19(7-3-11)12-4-8-21-9-5-12/h10-12H,2-9H2,1H3,(H,16,18)(H,17,20). The van der Waals surface area contributed by atoms with Crippen molar-refractivity contribution in [3.8, 4) is 0 Å². The molecule has 0 atom stereocenters. The summed E-state index contributed by atoms with van der Waals surface area (Å²) in [7, 11) is 1.81. The number of anilines is 1. The Hall–Kier alpha value is -1.18. The minimum absolute atomic E-state index is 0.0535. The molecule has 7 heteroatoms. The third-order valence-corrected chi connectivity index (χ3v) is 5.38. The fourth-order valence-corrected chi connectivity index (χ4v) is 3.86. The quantitative estimate of drug-likeness (QED) is 0.880. The number of carbonyl (C=O) groups excluding carboxylic acids is 1. The summed E-state index contributed by atoms with van der Waals surface area (Å²) in [5.74, 6) is -0.0535. The van der Waals surface area contributed by atoms with Crippen LogP contribution in [0.1, 0.15) is 36.2 Å². The second kappa shape index (κ2) is 7.39. The number of piperidine rings is 1. The smallest absolute Gasteiger partial charge is 0.271 e. The van der Waals surface area contributed by atoms with E-state index in [-0.39, 0.29) is 11.9 Å². The van der Waals surface area contributed by atoms with E-state index < -0.39 is 0 Å². The van der Waals surface area contributed by atoms with Gasteiger partial charge in [-0.3, -0.25) is 4.79 Å². The first kappa shape index (κ1) is 15.7. The Bertz CT molecular complexity index is 493. The zero-order chi connectivity index (χ0) is 15.4. The van der Waals surface area contributed by atoms with Crippen LogP contribution >= 0.6 is 11.3 Å². The molecule has 0 aromatic carbocycles. The molecule has 0 spiro atoms. The summed E-state index contributed by atoms with van der Waals surface area (Å²) in [6, 6.07) is 0.936. The van der Waals surface area contributed by atoms with E-state index >= 15 is 0 Å². The number of likely N-dealkylation sites (tertiary alicyclic amines) is 1. The number of hydrogen-bond acceptors (Lipinski definition) is 6. The Labute approximate surface area is 135 Å². The van der Waals surface area contributed by atoms with Crippen molar-refractivity contribution >= 4 is 22.4 Å². The Morgan fingerprint density at radius 2 is 2.05 bits per heavy atom. The molecule has 0 saturated carbocycles. The van der Waals surface area contributed by atoms with Crippen LogP contribution < -0.4 is 10.6 Å². The summed E-state index contributed by atoms with van der Waals surface area (Å²) >= 11 is 1.46. The van der Waals surface area contributed by atoms with Gasteiger partial charge in [0.25, 0.3) is 5.91 Å². The van der Waals surface area contributed by atoms with E-state index in [2.05, 4.69) is 20.5 Å². The number of thiazole rings is 1. The van der Waals surface area contributed by atoms with Crippen molar-refractivity contribution in [2.45, 2.75) is 37.8 Å². The van der Waals surface area contributed by atoms with Crippen LogP contribution in [0.25, 0.3) is 0 Å². The molecule has 122 valence electrons. The van der Waals surface area contributed by atoms with Crippen LogP contribution in [0.5, 0.6) is 0 Å². The topological polar surface area (TPSA) is 66.5 Å². The molecule has 1 amide bonds. The van der Waals surface area contributed by atoms with Crippen molar-refractivity contribution in [1.29, 1.82) is 0 Å². The highest BCUT2D eigenvalue weighted by atomic mass is 32.1. The van der Waals surface area contributed by atoms with Gasteiger partial charge in [-0.1, -0.05) is 0 Å². The summed E-state index contributed by atoms with van der Waals surface area (Å²) in [6.45, 7) is 3.90. The highest BCUT2D eigenvalue weighted by Gasteiger charge is 2.27. The number of ether oxygens (including phenoxy) is 1. The first-order valence-corrected chi connectivity index (χ1v) is 8.90. The molecule has 2 aliphatic rings. The Kier molecular flexibility index (Phi) is 5.28. The predicted molar refractivity (Wildman–Crippen MR) is 87.6 cm³/mol. The van der Waals surface area contributed by atoms with Gasteiger partial charge in [-0.05, 0) is 25.7 Å². The fourth-order valence-electron chi connectivity index (χ4n) is 3.21. The van der Waals surface area contributed by atoms with Gasteiger partial charge in [0.15, 0.2) is 5.13 Å². The maximum absolute atomic E-state index is 12.2. The summed E-state index contributed by atoms with van der Waals surface area (Å²) in [4.78, 5) is 19.0. The largest absolute Gasteiger partial charge is 0.381 e. The molecule has 3 heterocycles. The average Bonchev–Trinajstić information content (AvgIpc) is 3.06. The van der Waals surface area contributed by atoms with E-state index in [0.717, 1.165) is 57.1 Å². The monoisotopic (exact) mass is 324 g/mol. The molecule has 0 bridgehead atoms. The molecule has 2 aliphatic heterocycles. The molecule has 2 fully saturated rings. The molecule has 2 saturated heterocycles. The van der Waals surface area contributed by atoms with Gasteiger partial charge >= 0.3 is 0 Å². The normalized spacial score (nSPS) is 21.7. The summed E-state index contributed by atoms with van der Waals surface area (Å²) in [5, 5.41) is 8.66. The summed E-state index contributed by atoms with van der Waals surface area (Å²) in [6.07, 6.45) is 4.32. The van der Waals surface area contributed by atoms with Crippen LogP contribution in [0, 0.1) is 0 Å². The predicted octanol–water partition coefficient (Wildman–Crippen LogP) is 1.56. The molecule has 1 aromatic heterocycles. The molecule has 0 aliphatic carbocycles. The van der Waals surface area contributed by atoms with Crippen LogP contribution in [0.15, 0.2) is 5.38 Å². The van der Waals surface area contributed by atoms with Crippen molar-refractivity contribution < 1.29 is 9.53 Å². The molecule has 3 rings (SSSR count). The van der Waals surface area contributed by atoms with E-state index in [1.54, 1.807) is 5.38 Å². The molecule has 6 nitrogen and oxygen atoms in total. The molecule has 0 radical (unpaired) electrons. The van der Waals surface area contributed by atoms with Crippen LogP contribution in [-0.2, 0) is 4.74 Å². The van der Waals surface area contributed by atoms with Gasteiger partial charge in [0, 0.05) is 50.8 Å². The lowest BCUT2D eigenvalue weighted by molar-refractivity contribution is 0.0238. The van der Waals surface area contributed by atoms with E-state index in [9.17, 15) is 4.79 Å². The van der Waals surface area contributed by atoms with Crippen LogP contribution in [-0.4, -0.2) is 61.2 Å². The highest BCUT2D eigenvalue weighted by molar-refractivity contribution is 7.13. The molecule has 22 heavy (non-hydrogen) atoms. The Morgan fingerprint density at radius 3 is 2.68 bits per heavy atom. The van der Waals surface area contributed by atoms with Crippen molar-refractivity contribution in [1.82, 2.24) is 15.2 Å². The second-order valence-corrected chi connectivity index (χ2v) is 6.77. The first-order valence-electron chi connectivity index (χ1n) is 8.02. The molecule has 0 unspecified atom stereocenters. The van der Waals surface area contributed by atoms with Crippen molar-refractivity contribution in [2.24, 2.45) is 0 Å². The lowest BCUT2D eigenvalue weighted by Crippen LogP contribution is -2.49. The van der Waals surface area contributed by atoms with E-state index in [1.165, 1.54) is 11.3 Å². The number of amides is 1. The number of nitrogens with zero attached hydrogens (tertiary/aromatic N) is 2. The summed E-state index contributed by atoms with van der Waals surface area (Å²) < 4.78 is 5.43. The number of hydrogen-bond donors (Lipinski definition) is 2. The maximum Gasteiger partial charge on any atom is 0.271 e. The summed E-state index contributed by atoms with van der Waals surface area (Å²) in [5.41, 5.74) is 0.515. The number of carbonyl (C=O) groups is 1. The Morgan fingerprint density at radius 1 is 1.32 bits per heavy atom. The van der Waals surface area contributed by atoms with Gasteiger partial charge in [-0.15, -0.1) is 11.3 Å². The molecular weight excluding hydrogens is 300 g/mol. The zero-order valence-corrected chi connectivity index (χ0v) is 13.8. The second-order valence-electron chi connectivity index (χ2n) is 5.92. The van der Waals surface area contributed by atoms with Gasteiger partial charge in [-0.25, -0.2) is 4.98 Å². The van der Waals surface area contributed by atoms with Crippen LogP contribution in [0.3, 0.4) is 0 Å². The van der Waals surface area contributed by atoms with Gasteiger partial charge in [0.2, 0.25) is 0 Å². The third kappa shape index (κ3) is 3.77. The van der Waals surface area contributed by atoms with Crippen LogP contribution in [0.2, 0.25) is 0 Å². The van der Waals surface area contributed by atoms with Crippen LogP contribution in [0.4, 0.5) is 5.13 Å². The number of rotatable bonds is 4. The minimum Gasteiger partial charge on any atom is -0.381 e. The number of nitrogens with one attached hydrogen (secondary N) is 2. The van der Waals surface area contributed by atoms with Gasteiger partial charge in [0.1, 0.15) is 5.69 Å². The maximum atomic E-state index is 12.2. The lowest BCUT2D eigenvalue weighted by atomic mass is 9.99. The van der Waals surface area contributed by atoms with Gasteiger partial charge in [-0.2, -0.15) is 0 Å². The van der Waals surface area contributed by atoms with E-state index in [0.29, 0.717) is 11.7 Å². The van der Waals surface area contributed by atoms with Crippen molar-refractivity contribution in [3.05, 3.63) is 11.1 Å². The first-order chi connectivity index (χ1) is 10.8. The van der Waals surface area contributed by atoms with Crippen molar-refractivity contribution in [2.75, 3.05) is 38.7 Å². The minimum atomic E-state index is -0.0535. The van der Waals surface area contributed by atoms with Gasteiger partial charge < -0.3 is 20.3 Å². The van der Waals surface area contributed by atoms with Crippen molar-refractivity contribution in [3.63, 3.8) is 0 Å². The van der Waals surface area contributed by atoms with Gasteiger partial charge in [0.05, 0.1) is 0 Å². The third-order valence-electron chi connectivity index (χ3n) is 4.52. The molecule has 1 aromatic rings. The highest BCUT2D eigenvalue weighted by Crippen LogP contribution is 2.20. The van der Waals surface area contributed by atoms with E-state index in [4.69, 9.17) is 4.74 Å².